The largest absolute Gasteiger partial charge is 0.478 e. The second-order valence-electron chi connectivity index (χ2n) is 4.59. The second kappa shape index (κ2) is 5.20. The van der Waals surface area contributed by atoms with E-state index in [1.807, 2.05) is 41.8 Å². The number of hydrogen-bond acceptors (Lipinski definition) is 3. The van der Waals surface area contributed by atoms with Gasteiger partial charge in [0.25, 0.3) is 0 Å². The molecule has 0 saturated heterocycles. The fraction of sp³-hybridized carbons (Fsp3) is 0.0625. The van der Waals surface area contributed by atoms with E-state index in [9.17, 15) is 9.90 Å². The summed E-state index contributed by atoms with van der Waals surface area (Å²) in [5.74, 6) is 0.249. The van der Waals surface area contributed by atoms with Crippen LogP contribution in [0, 0.1) is 6.92 Å². The molecule has 21 heavy (non-hydrogen) atoms. The maximum atomic E-state index is 11.4. The Morgan fingerprint density at radius 3 is 2.38 bits per heavy atom. The van der Waals surface area contributed by atoms with Crippen LogP contribution in [-0.2, 0) is 0 Å². The van der Waals surface area contributed by atoms with Crippen LogP contribution in [0.3, 0.4) is 0 Å². The molecule has 0 radical (unpaired) electrons. The third-order valence-corrected chi connectivity index (χ3v) is 3.24. The normalized spacial score (nSPS) is 10.5. The van der Waals surface area contributed by atoms with Gasteiger partial charge in [-0.15, -0.1) is 10.2 Å². The monoisotopic (exact) mass is 279 g/mol. The van der Waals surface area contributed by atoms with Gasteiger partial charge in [0.1, 0.15) is 5.82 Å². The van der Waals surface area contributed by atoms with Gasteiger partial charge < -0.3 is 5.11 Å². The number of hydrogen-bond donors (Lipinski definition) is 1. The van der Waals surface area contributed by atoms with Crippen LogP contribution in [-0.4, -0.2) is 25.8 Å². The molecule has 1 aromatic heterocycles. The van der Waals surface area contributed by atoms with Crippen LogP contribution in [0.5, 0.6) is 0 Å². The van der Waals surface area contributed by atoms with E-state index in [4.69, 9.17) is 0 Å². The summed E-state index contributed by atoms with van der Waals surface area (Å²) in [6.45, 7) is 1.84. The smallest absolute Gasteiger partial charge is 0.336 e. The SMILES string of the molecule is Cc1nnc(-c2ccccc2C(=O)O)n1-c1ccccc1. The summed E-state index contributed by atoms with van der Waals surface area (Å²) >= 11 is 0. The predicted molar refractivity (Wildman–Crippen MR) is 78.5 cm³/mol. The van der Waals surface area contributed by atoms with E-state index < -0.39 is 5.97 Å². The highest BCUT2D eigenvalue weighted by Crippen LogP contribution is 2.25. The highest BCUT2D eigenvalue weighted by Gasteiger charge is 2.18. The molecule has 0 aliphatic rings. The molecule has 3 rings (SSSR count). The lowest BCUT2D eigenvalue weighted by atomic mass is 10.1. The molecular formula is C16H13N3O2. The average Bonchev–Trinajstić information content (AvgIpc) is 2.89. The van der Waals surface area contributed by atoms with Gasteiger partial charge in [0, 0.05) is 11.3 Å². The second-order valence-corrected chi connectivity index (χ2v) is 4.59. The van der Waals surface area contributed by atoms with Crippen LogP contribution < -0.4 is 0 Å². The quantitative estimate of drug-likeness (QED) is 0.800. The van der Waals surface area contributed by atoms with Gasteiger partial charge in [0.05, 0.1) is 5.56 Å². The molecule has 5 nitrogen and oxygen atoms in total. The highest BCUT2D eigenvalue weighted by molar-refractivity contribution is 5.95. The lowest BCUT2D eigenvalue weighted by Gasteiger charge is -2.10. The number of aromatic nitrogens is 3. The van der Waals surface area contributed by atoms with E-state index in [0.29, 0.717) is 17.2 Å². The number of rotatable bonds is 3. The summed E-state index contributed by atoms with van der Waals surface area (Å²) in [7, 11) is 0. The minimum Gasteiger partial charge on any atom is -0.478 e. The van der Waals surface area contributed by atoms with Gasteiger partial charge in [-0.3, -0.25) is 4.57 Å². The maximum absolute atomic E-state index is 11.4. The fourth-order valence-corrected chi connectivity index (χ4v) is 2.29. The molecule has 0 aliphatic heterocycles. The zero-order valence-corrected chi connectivity index (χ0v) is 11.4. The number of para-hydroxylation sites is 1. The van der Waals surface area contributed by atoms with Gasteiger partial charge in [-0.05, 0) is 25.1 Å². The molecule has 0 bridgehead atoms. The first-order chi connectivity index (χ1) is 10.2. The molecule has 0 saturated carbocycles. The number of aromatic carboxylic acids is 1. The molecule has 5 heteroatoms. The molecule has 0 spiro atoms. The average molecular weight is 279 g/mol. The van der Waals surface area contributed by atoms with Crippen molar-refractivity contribution in [2.24, 2.45) is 0 Å². The number of nitrogens with zero attached hydrogens (tertiary/aromatic N) is 3. The Balaban J connectivity index is 2.25. The molecular weight excluding hydrogens is 266 g/mol. The number of benzene rings is 2. The molecule has 104 valence electrons. The van der Waals surface area contributed by atoms with Crippen molar-refractivity contribution in [1.82, 2.24) is 14.8 Å². The van der Waals surface area contributed by atoms with E-state index in [1.54, 1.807) is 24.3 Å². The molecule has 0 unspecified atom stereocenters. The van der Waals surface area contributed by atoms with Crippen LogP contribution in [0.15, 0.2) is 54.6 Å². The van der Waals surface area contributed by atoms with Crippen LogP contribution in [0.1, 0.15) is 16.2 Å². The van der Waals surface area contributed by atoms with Crippen LogP contribution in [0.4, 0.5) is 0 Å². The lowest BCUT2D eigenvalue weighted by Crippen LogP contribution is -2.04. The first-order valence-corrected chi connectivity index (χ1v) is 6.48. The molecule has 0 fully saturated rings. The number of carboxylic acid groups (broad SMARTS) is 1. The maximum Gasteiger partial charge on any atom is 0.336 e. The predicted octanol–water partition coefficient (Wildman–Crippen LogP) is 2.94. The Kier molecular flexibility index (Phi) is 3.23. The van der Waals surface area contributed by atoms with Crippen molar-refractivity contribution < 1.29 is 9.90 Å². The van der Waals surface area contributed by atoms with Crippen molar-refractivity contribution >= 4 is 5.97 Å². The van der Waals surface area contributed by atoms with Crippen molar-refractivity contribution in [2.45, 2.75) is 6.92 Å². The minimum atomic E-state index is -0.981. The Morgan fingerprint density at radius 2 is 1.67 bits per heavy atom. The molecule has 1 heterocycles. The van der Waals surface area contributed by atoms with Gasteiger partial charge in [0.15, 0.2) is 5.82 Å². The topological polar surface area (TPSA) is 68.0 Å². The zero-order chi connectivity index (χ0) is 14.8. The summed E-state index contributed by atoms with van der Waals surface area (Å²) < 4.78 is 1.85. The molecule has 0 aliphatic carbocycles. The van der Waals surface area contributed by atoms with Crippen LogP contribution in [0.25, 0.3) is 17.1 Å². The molecule has 3 aromatic rings. The van der Waals surface area contributed by atoms with Crippen molar-refractivity contribution in [3.63, 3.8) is 0 Å². The number of aryl methyl sites for hydroxylation is 1. The van der Waals surface area contributed by atoms with E-state index >= 15 is 0 Å². The Hall–Kier alpha value is -2.95. The molecule has 0 atom stereocenters. The standard InChI is InChI=1S/C16H13N3O2/c1-11-17-18-15(19(11)12-7-3-2-4-8-12)13-9-5-6-10-14(13)16(20)21/h2-10H,1H3,(H,20,21). The number of carbonyl (C=O) groups is 1. The summed E-state index contributed by atoms with van der Waals surface area (Å²) in [6.07, 6.45) is 0. The van der Waals surface area contributed by atoms with Gasteiger partial charge in [-0.2, -0.15) is 0 Å². The van der Waals surface area contributed by atoms with Crippen molar-refractivity contribution in [3.05, 3.63) is 66.0 Å². The lowest BCUT2D eigenvalue weighted by molar-refractivity contribution is 0.0697. The summed E-state index contributed by atoms with van der Waals surface area (Å²) in [6, 6.07) is 16.4. The van der Waals surface area contributed by atoms with Crippen LogP contribution >= 0.6 is 0 Å². The summed E-state index contributed by atoms with van der Waals surface area (Å²) in [4.78, 5) is 11.4. The first kappa shape index (κ1) is 13.1. The Labute approximate surface area is 121 Å². The van der Waals surface area contributed by atoms with Gasteiger partial charge in [-0.25, -0.2) is 4.79 Å². The fourth-order valence-electron chi connectivity index (χ4n) is 2.29. The third-order valence-electron chi connectivity index (χ3n) is 3.24. The number of carboxylic acids is 1. The minimum absolute atomic E-state index is 0.210. The molecule has 2 aromatic carbocycles. The van der Waals surface area contributed by atoms with Crippen molar-refractivity contribution in [1.29, 1.82) is 0 Å². The van der Waals surface area contributed by atoms with Crippen LogP contribution in [0.2, 0.25) is 0 Å². The van der Waals surface area contributed by atoms with E-state index in [1.165, 1.54) is 0 Å². The van der Waals surface area contributed by atoms with E-state index in [2.05, 4.69) is 10.2 Å². The molecule has 1 N–H and O–H groups in total. The molecule has 0 amide bonds. The first-order valence-electron chi connectivity index (χ1n) is 6.48. The van der Waals surface area contributed by atoms with Gasteiger partial charge in [0.2, 0.25) is 0 Å². The highest BCUT2D eigenvalue weighted by atomic mass is 16.4. The Bertz CT molecular complexity index is 794. The van der Waals surface area contributed by atoms with Gasteiger partial charge in [-0.1, -0.05) is 36.4 Å². The summed E-state index contributed by atoms with van der Waals surface area (Å²) in [5.41, 5.74) is 1.66. The third kappa shape index (κ3) is 2.29. The van der Waals surface area contributed by atoms with Crippen molar-refractivity contribution in [3.8, 4) is 17.1 Å². The van der Waals surface area contributed by atoms with E-state index in [0.717, 1.165) is 5.69 Å². The summed E-state index contributed by atoms with van der Waals surface area (Å²) in [5, 5.41) is 17.6. The van der Waals surface area contributed by atoms with Crippen molar-refractivity contribution in [2.75, 3.05) is 0 Å². The zero-order valence-electron chi connectivity index (χ0n) is 11.4. The Morgan fingerprint density at radius 1 is 1.00 bits per heavy atom. The van der Waals surface area contributed by atoms with E-state index in [-0.39, 0.29) is 5.56 Å². The van der Waals surface area contributed by atoms with Gasteiger partial charge >= 0.3 is 5.97 Å².